The van der Waals surface area contributed by atoms with Gasteiger partial charge in [0.15, 0.2) is 5.78 Å². The van der Waals surface area contributed by atoms with E-state index in [2.05, 4.69) is 30.4 Å². The SMILES string of the molecule is CCNC1c2ccccc2N(C(=O)OCc2ccccc2)C2CCCC12.O=C1c2ccccc2N(C(=O)OCc2ccccc2)C2CCCC12. The molecule has 2 aliphatic heterocycles. The molecule has 8 nitrogen and oxygen atoms in total. The minimum absolute atomic E-state index is 0.0735. The van der Waals surface area contributed by atoms with Crippen LogP contribution in [0.15, 0.2) is 109 Å². The van der Waals surface area contributed by atoms with Gasteiger partial charge in [0.2, 0.25) is 0 Å². The molecule has 5 unspecified atom stereocenters. The second kappa shape index (κ2) is 15.3. The number of carbonyl (C=O) groups excluding carboxylic acids is 3. The highest BCUT2D eigenvalue weighted by Gasteiger charge is 2.47. The summed E-state index contributed by atoms with van der Waals surface area (Å²) in [5.41, 5.74) is 5.50. The van der Waals surface area contributed by atoms with E-state index in [4.69, 9.17) is 9.47 Å². The lowest BCUT2D eigenvalue weighted by molar-refractivity contribution is 0.0895. The number of benzene rings is 4. The third-order valence-electron chi connectivity index (χ3n) is 10.6. The number of Topliss-reactive ketones (excluding diaryl/α,β-unsaturated/α-hetero) is 1. The molecule has 0 spiro atoms. The van der Waals surface area contributed by atoms with Gasteiger partial charge in [0.25, 0.3) is 0 Å². The van der Waals surface area contributed by atoms with Gasteiger partial charge < -0.3 is 14.8 Å². The lowest BCUT2D eigenvalue weighted by Crippen LogP contribution is -2.50. The summed E-state index contributed by atoms with van der Waals surface area (Å²) >= 11 is 0. The van der Waals surface area contributed by atoms with Crippen LogP contribution in [0.2, 0.25) is 0 Å². The molecule has 2 heterocycles. The summed E-state index contributed by atoms with van der Waals surface area (Å²) in [6, 6.07) is 35.6. The van der Waals surface area contributed by atoms with Gasteiger partial charge in [-0.2, -0.15) is 0 Å². The highest BCUT2D eigenvalue weighted by atomic mass is 16.6. The molecule has 8 rings (SSSR count). The van der Waals surface area contributed by atoms with Crippen LogP contribution >= 0.6 is 0 Å². The zero-order valence-electron chi connectivity index (χ0n) is 28.6. The average Bonchev–Trinajstić information content (AvgIpc) is 3.85. The molecule has 2 amide bonds. The summed E-state index contributed by atoms with van der Waals surface area (Å²) in [5, 5.41) is 3.65. The number of fused-ring (bicyclic) bond motifs is 4. The molecule has 2 aliphatic carbocycles. The van der Waals surface area contributed by atoms with Gasteiger partial charge in [0.1, 0.15) is 13.2 Å². The smallest absolute Gasteiger partial charge is 0.414 e. The molecule has 2 fully saturated rings. The fraction of sp³-hybridized carbons (Fsp3) is 0.357. The third kappa shape index (κ3) is 6.77. The maximum absolute atomic E-state index is 13.0. The van der Waals surface area contributed by atoms with Gasteiger partial charge in [-0.1, -0.05) is 111 Å². The predicted molar refractivity (Wildman–Crippen MR) is 194 cm³/mol. The van der Waals surface area contributed by atoms with Crippen LogP contribution in [0.4, 0.5) is 21.0 Å². The van der Waals surface area contributed by atoms with Gasteiger partial charge in [-0.25, -0.2) is 9.59 Å². The normalized spacial score (nSPS) is 23.1. The summed E-state index contributed by atoms with van der Waals surface area (Å²) in [6.45, 7) is 3.63. The Morgan fingerprint density at radius 3 is 1.86 bits per heavy atom. The van der Waals surface area contributed by atoms with Crippen LogP contribution in [-0.4, -0.2) is 36.6 Å². The molecular weight excluding hydrogens is 626 g/mol. The molecule has 8 heteroatoms. The van der Waals surface area contributed by atoms with Crippen LogP contribution in [0.5, 0.6) is 0 Å². The zero-order valence-corrected chi connectivity index (χ0v) is 28.6. The van der Waals surface area contributed by atoms with Gasteiger partial charge >= 0.3 is 12.2 Å². The Morgan fingerprint density at radius 2 is 1.20 bits per heavy atom. The molecular formula is C42H45N3O5. The van der Waals surface area contributed by atoms with Crippen LogP contribution in [0.1, 0.15) is 78.5 Å². The molecule has 4 aromatic carbocycles. The Labute approximate surface area is 294 Å². The number of ether oxygens (including phenoxy) is 2. The Morgan fingerprint density at radius 1 is 0.660 bits per heavy atom. The minimum atomic E-state index is -0.365. The van der Waals surface area contributed by atoms with Crippen LogP contribution in [-0.2, 0) is 22.7 Å². The number of para-hydroxylation sites is 2. The lowest BCUT2D eigenvalue weighted by atomic mass is 9.83. The van der Waals surface area contributed by atoms with Gasteiger partial charge in [-0.15, -0.1) is 0 Å². The number of nitrogens with zero attached hydrogens (tertiary/aromatic N) is 2. The number of carbonyl (C=O) groups is 3. The van der Waals surface area contributed by atoms with Crippen molar-refractivity contribution in [2.24, 2.45) is 11.8 Å². The average molecular weight is 672 g/mol. The van der Waals surface area contributed by atoms with E-state index >= 15 is 0 Å². The van der Waals surface area contributed by atoms with Crippen LogP contribution in [0.25, 0.3) is 0 Å². The molecule has 1 N–H and O–H groups in total. The lowest BCUT2D eigenvalue weighted by Gasteiger charge is -2.43. The fourth-order valence-electron chi connectivity index (χ4n) is 8.41. The second-order valence-electron chi connectivity index (χ2n) is 13.6. The number of rotatable bonds is 6. The van der Waals surface area contributed by atoms with E-state index < -0.39 is 0 Å². The summed E-state index contributed by atoms with van der Waals surface area (Å²) < 4.78 is 11.2. The molecule has 0 bridgehead atoms. The Kier molecular flexibility index (Phi) is 10.3. The third-order valence-corrected chi connectivity index (χ3v) is 10.6. The van der Waals surface area contributed by atoms with Crippen molar-refractivity contribution in [1.82, 2.24) is 5.32 Å². The first-order valence-electron chi connectivity index (χ1n) is 18.0. The number of ketones is 1. The van der Waals surface area contributed by atoms with E-state index in [-0.39, 0.29) is 42.6 Å². The molecule has 2 saturated carbocycles. The van der Waals surface area contributed by atoms with Gasteiger partial charge in [-0.05, 0) is 73.0 Å². The van der Waals surface area contributed by atoms with Crippen LogP contribution in [0.3, 0.4) is 0 Å². The predicted octanol–water partition coefficient (Wildman–Crippen LogP) is 8.86. The largest absolute Gasteiger partial charge is 0.444 e. The summed E-state index contributed by atoms with van der Waals surface area (Å²) in [7, 11) is 0. The van der Waals surface area contributed by atoms with Crippen molar-refractivity contribution in [3.05, 3.63) is 131 Å². The number of hydrogen-bond donors (Lipinski definition) is 1. The molecule has 5 atom stereocenters. The number of amides is 2. The maximum atomic E-state index is 13.0. The van der Waals surface area contributed by atoms with Gasteiger partial charge in [0, 0.05) is 23.6 Å². The first-order valence-corrected chi connectivity index (χ1v) is 18.0. The van der Waals surface area contributed by atoms with Crippen molar-refractivity contribution in [3.8, 4) is 0 Å². The summed E-state index contributed by atoms with van der Waals surface area (Å²) in [6.07, 6.45) is 5.43. The Hall–Kier alpha value is -4.95. The van der Waals surface area contributed by atoms with E-state index in [0.29, 0.717) is 29.8 Å². The zero-order chi connectivity index (χ0) is 34.5. The number of hydrogen-bond acceptors (Lipinski definition) is 6. The van der Waals surface area contributed by atoms with E-state index in [9.17, 15) is 14.4 Å². The van der Waals surface area contributed by atoms with Gasteiger partial charge in [-0.3, -0.25) is 14.6 Å². The first-order chi connectivity index (χ1) is 24.5. The quantitative estimate of drug-likeness (QED) is 0.220. The molecule has 258 valence electrons. The van der Waals surface area contributed by atoms with Crippen LogP contribution < -0.4 is 15.1 Å². The first kappa shape index (κ1) is 33.5. The topological polar surface area (TPSA) is 88.2 Å². The second-order valence-corrected chi connectivity index (χ2v) is 13.6. The van der Waals surface area contributed by atoms with Crippen LogP contribution in [0, 0.1) is 11.8 Å². The highest BCUT2D eigenvalue weighted by Crippen LogP contribution is 2.48. The maximum Gasteiger partial charge on any atom is 0.414 e. The molecule has 0 aromatic heterocycles. The highest BCUT2D eigenvalue weighted by molar-refractivity contribution is 6.09. The van der Waals surface area contributed by atoms with Gasteiger partial charge in [0.05, 0.1) is 17.4 Å². The summed E-state index contributed by atoms with van der Waals surface area (Å²) in [4.78, 5) is 42.1. The number of nitrogens with one attached hydrogen (secondary N) is 1. The standard InChI is InChI=1S/C22H26N2O2.C20H19NO3/c1-2-23-21-17-11-6-7-13-19(17)24(20-14-8-12-18(20)21)22(25)26-15-16-9-4-3-5-10-16;22-19-15-9-4-5-11-17(15)21(18-12-6-10-16(18)19)20(23)24-13-14-7-2-1-3-8-14/h3-7,9-11,13,18,20-21,23H,2,8,12,14-15H2,1H3;1-5,7-9,11,16,18H,6,10,12-13H2. The molecule has 4 aliphatic rings. The van der Waals surface area contributed by atoms with E-state index in [1.54, 1.807) is 4.90 Å². The molecule has 0 saturated heterocycles. The van der Waals surface area contributed by atoms with Crippen molar-refractivity contribution in [2.75, 3.05) is 16.3 Å². The summed E-state index contributed by atoms with van der Waals surface area (Å²) in [5.74, 6) is 0.526. The van der Waals surface area contributed by atoms with E-state index in [0.717, 1.165) is 61.9 Å². The Bertz CT molecular complexity index is 1800. The number of anilines is 2. The minimum Gasteiger partial charge on any atom is -0.444 e. The van der Waals surface area contributed by atoms with Crippen molar-refractivity contribution < 1.29 is 23.9 Å². The Balaban J connectivity index is 0.000000157. The monoisotopic (exact) mass is 671 g/mol. The molecule has 50 heavy (non-hydrogen) atoms. The molecule has 4 aromatic rings. The fourth-order valence-corrected chi connectivity index (χ4v) is 8.41. The van der Waals surface area contributed by atoms with Crippen molar-refractivity contribution in [2.45, 2.75) is 76.8 Å². The van der Waals surface area contributed by atoms with E-state index in [1.165, 1.54) is 5.56 Å². The van der Waals surface area contributed by atoms with Crippen molar-refractivity contribution in [3.63, 3.8) is 0 Å². The van der Waals surface area contributed by atoms with E-state index in [1.807, 2.05) is 95.9 Å². The molecule has 0 radical (unpaired) electrons. The van der Waals surface area contributed by atoms with Crippen molar-refractivity contribution in [1.29, 1.82) is 0 Å². The van der Waals surface area contributed by atoms with Crippen molar-refractivity contribution >= 4 is 29.3 Å².